The lowest BCUT2D eigenvalue weighted by molar-refractivity contribution is -0.213. The average molecular weight is 309 g/mol. The summed E-state index contributed by atoms with van der Waals surface area (Å²) in [6.07, 6.45) is 2.15. The lowest BCUT2D eigenvalue weighted by Gasteiger charge is -2.75. The molecule has 1 amide bonds. The van der Waals surface area contributed by atoms with E-state index in [0.717, 1.165) is 38.1 Å². The summed E-state index contributed by atoms with van der Waals surface area (Å²) in [5.41, 5.74) is 0.107. The Bertz CT molecular complexity index is 563. The molecule has 5 rings (SSSR count). The zero-order chi connectivity index (χ0) is 14.7. The normalized spacial score (nSPS) is 34.3. The minimum Gasteiger partial charge on any atom is -0.488 e. The first kappa shape index (κ1) is 13.2. The van der Waals surface area contributed by atoms with Crippen molar-refractivity contribution in [1.29, 1.82) is 0 Å². The molecule has 1 saturated heterocycles. The van der Waals surface area contributed by atoms with Gasteiger partial charge < -0.3 is 15.2 Å². The number of amides is 1. The Morgan fingerprint density at radius 3 is 2.48 bits per heavy atom. The molecule has 2 N–H and O–H groups in total. The summed E-state index contributed by atoms with van der Waals surface area (Å²) in [6.45, 7) is 1.84. The topological polar surface area (TPSA) is 61.8 Å². The zero-order valence-corrected chi connectivity index (χ0v) is 12.3. The van der Waals surface area contributed by atoms with E-state index in [2.05, 4.69) is 10.2 Å². The van der Waals surface area contributed by atoms with Crippen molar-refractivity contribution in [2.45, 2.75) is 36.4 Å². The van der Waals surface area contributed by atoms with Crippen LogP contribution < -0.4 is 10.1 Å². The Balaban J connectivity index is 1.26. The number of carbonyl (C=O) groups is 1. The van der Waals surface area contributed by atoms with Gasteiger partial charge in [-0.1, -0.05) is 11.6 Å². The van der Waals surface area contributed by atoms with Crippen LogP contribution >= 0.6 is 11.6 Å². The summed E-state index contributed by atoms with van der Waals surface area (Å²) in [5, 5.41) is 12.2. The number of halogens is 1. The van der Waals surface area contributed by atoms with Crippen LogP contribution in [0.25, 0.3) is 0 Å². The van der Waals surface area contributed by atoms with Gasteiger partial charge in [-0.25, -0.2) is 4.79 Å². The van der Waals surface area contributed by atoms with Crippen LogP contribution in [0.1, 0.15) is 19.3 Å². The van der Waals surface area contributed by atoms with E-state index in [0.29, 0.717) is 5.02 Å². The first-order valence-corrected chi connectivity index (χ1v) is 7.55. The predicted molar refractivity (Wildman–Crippen MR) is 77.9 cm³/mol. The number of ether oxygens (including phenoxy) is 1. The summed E-state index contributed by atoms with van der Waals surface area (Å²) in [7, 11) is 0. The van der Waals surface area contributed by atoms with Gasteiger partial charge in [0.1, 0.15) is 11.9 Å². The SMILES string of the molecule is O=C(O)NC12CC(N3CC(Oc4ccc(Cl)cc4)C3)(C1)C2. The molecule has 3 saturated carbocycles. The van der Waals surface area contributed by atoms with Gasteiger partial charge in [0, 0.05) is 29.2 Å². The number of hydrogen-bond acceptors (Lipinski definition) is 3. The molecule has 1 aromatic carbocycles. The zero-order valence-electron chi connectivity index (χ0n) is 11.5. The Hall–Kier alpha value is -1.46. The van der Waals surface area contributed by atoms with Crippen molar-refractivity contribution in [2.75, 3.05) is 13.1 Å². The maximum absolute atomic E-state index is 10.7. The van der Waals surface area contributed by atoms with Crippen LogP contribution in [0.3, 0.4) is 0 Å². The fraction of sp³-hybridized carbons (Fsp3) is 0.533. The quantitative estimate of drug-likeness (QED) is 0.896. The highest BCUT2D eigenvalue weighted by atomic mass is 35.5. The third-order valence-electron chi connectivity index (χ3n) is 5.01. The number of benzene rings is 1. The lowest BCUT2D eigenvalue weighted by Crippen LogP contribution is -2.86. The molecule has 0 aromatic heterocycles. The molecule has 0 spiro atoms. The molecule has 112 valence electrons. The standard InChI is InChI=1S/C15H17ClN2O3/c16-10-1-3-11(4-2-10)21-12-5-18(6-12)15-7-14(8-15,9-15)17-13(19)20/h1-4,12,17H,5-9H2,(H,19,20). The fourth-order valence-electron chi connectivity index (χ4n) is 4.03. The average Bonchev–Trinajstić information content (AvgIpc) is 2.29. The molecule has 3 aliphatic carbocycles. The van der Waals surface area contributed by atoms with E-state index in [1.807, 2.05) is 24.3 Å². The van der Waals surface area contributed by atoms with Crippen LogP contribution in [-0.2, 0) is 0 Å². The van der Waals surface area contributed by atoms with E-state index >= 15 is 0 Å². The van der Waals surface area contributed by atoms with Crippen molar-refractivity contribution >= 4 is 17.7 Å². The molecule has 0 unspecified atom stereocenters. The van der Waals surface area contributed by atoms with Crippen molar-refractivity contribution in [3.63, 3.8) is 0 Å². The largest absolute Gasteiger partial charge is 0.488 e. The van der Waals surface area contributed by atoms with E-state index in [9.17, 15) is 4.79 Å². The summed E-state index contributed by atoms with van der Waals surface area (Å²) in [6, 6.07) is 7.43. The van der Waals surface area contributed by atoms with E-state index in [1.54, 1.807) is 0 Å². The Labute approximate surface area is 127 Å². The number of nitrogens with one attached hydrogen (secondary N) is 1. The van der Waals surface area contributed by atoms with E-state index in [1.165, 1.54) is 0 Å². The van der Waals surface area contributed by atoms with Crippen molar-refractivity contribution in [2.24, 2.45) is 0 Å². The molecule has 2 bridgehead atoms. The second-order valence-corrected chi connectivity index (χ2v) is 7.00. The van der Waals surface area contributed by atoms with Gasteiger partial charge in [0.2, 0.25) is 0 Å². The second kappa shape index (κ2) is 4.27. The van der Waals surface area contributed by atoms with E-state index in [-0.39, 0.29) is 17.2 Å². The molecule has 1 aromatic rings. The molecule has 1 heterocycles. The first-order valence-electron chi connectivity index (χ1n) is 7.17. The minimum absolute atomic E-state index is 0.131. The van der Waals surface area contributed by atoms with Crippen LogP contribution in [0.2, 0.25) is 5.02 Å². The summed E-state index contributed by atoms with van der Waals surface area (Å²) < 4.78 is 5.90. The summed E-state index contributed by atoms with van der Waals surface area (Å²) >= 11 is 5.85. The van der Waals surface area contributed by atoms with Gasteiger partial charge in [0.25, 0.3) is 0 Å². The van der Waals surface area contributed by atoms with Gasteiger partial charge in [0.05, 0.1) is 0 Å². The molecule has 4 fully saturated rings. The van der Waals surface area contributed by atoms with Crippen LogP contribution in [-0.4, -0.2) is 46.4 Å². The monoisotopic (exact) mass is 308 g/mol. The molecular formula is C15H17ClN2O3. The summed E-state index contributed by atoms with van der Waals surface area (Å²) in [5.74, 6) is 0.852. The van der Waals surface area contributed by atoms with Gasteiger partial charge in [0.15, 0.2) is 0 Å². The molecular weight excluding hydrogens is 292 g/mol. The second-order valence-electron chi connectivity index (χ2n) is 6.56. The number of rotatable bonds is 4. The molecule has 0 radical (unpaired) electrons. The lowest BCUT2D eigenvalue weighted by atomic mass is 9.43. The third kappa shape index (κ3) is 2.07. The van der Waals surface area contributed by atoms with E-state index in [4.69, 9.17) is 21.4 Å². The highest BCUT2D eigenvalue weighted by Gasteiger charge is 2.72. The van der Waals surface area contributed by atoms with Crippen LogP contribution in [0.15, 0.2) is 24.3 Å². The van der Waals surface area contributed by atoms with Gasteiger partial charge >= 0.3 is 6.09 Å². The van der Waals surface area contributed by atoms with Crippen molar-refractivity contribution in [3.8, 4) is 5.75 Å². The van der Waals surface area contributed by atoms with Crippen LogP contribution in [0.4, 0.5) is 4.79 Å². The van der Waals surface area contributed by atoms with Gasteiger partial charge in [-0.3, -0.25) is 4.90 Å². The van der Waals surface area contributed by atoms with Crippen LogP contribution in [0, 0.1) is 0 Å². The number of nitrogens with zero attached hydrogens (tertiary/aromatic N) is 1. The molecule has 6 heteroatoms. The summed E-state index contributed by atoms with van der Waals surface area (Å²) in [4.78, 5) is 13.1. The van der Waals surface area contributed by atoms with Gasteiger partial charge in [-0.2, -0.15) is 0 Å². The highest BCUT2D eigenvalue weighted by molar-refractivity contribution is 6.30. The Morgan fingerprint density at radius 2 is 1.90 bits per heavy atom. The maximum atomic E-state index is 10.7. The van der Waals surface area contributed by atoms with Crippen molar-refractivity contribution in [1.82, 2.24) is 10.2 Å². The predicted octanol–water partition coefficient (Wildman–Crippen LogP) is 2.35. The highest BCUT2D eigenvalue weighted by Crippen LogP contribution is 2.64. The Morgan fingerprint density at radius 1 is 1.29 bits per heavy atom. The fourth-order valence-corrected chi connectivity index (χ4v) is 4.16. The maximum Gasteiger partial charge on any atom is 0.405 e. The first-order chi connectivity index (χ1) is 9.99. The smallest absolute Gasteiger partial charge is 0.405 e. The molecule has 21 heavy (non-hydrogen) atoms. The van der Waals surface area contributed by atoms with Crippen LogP contribution in [0.5, 0.6) is 5.75 Å². The number of likely N-dealkylation sites (tertiary alicyclic amines) is 1. The molecule has 5 nitrogen and oxygen atoms in total. The van der Waals surface area contributed by atoms with Crippen molar-refractivity contribution in [3.05, 3.63) is 29.3 Å². The van der Waals surface area contributed by atoms with Gasteiger partial charge in [-0.05, 0) is 43.5 Å². The van der Waals surface area contributed by atoms with Gasteiger partial charge in [-0.15, -0.1) is 0 Å². The third-order valence-corrected chi connectivity index (χ3v) is 5.26. The number of hydrogen-bond donors (Lipinski definition) is 2. The minimum atomic E-state index is -0.907. The van der Waals surface area contributed by atoms with E-state index < -0.39 is 6.09 Å². The molecule has 1 aliphatic heterocycles. The number of carboxylic acid groups (broad SMARTS) is 1. The molecule has 0 atom stereocenters. The molecule has 4 aliphatic rings. The Kier molecular flexibility index (Phi) is 2.69. The van der Waals surface area contributed by atoms with Crippen molar-refractivity contribution < 1.29 is 14.6 Å².